The van der Waals surface area contributed by atoms with Crippen LogP contribution in [0.15, 0.2) is 45.6 Å². The maximum Gasteiger partial charge on any atom is 0.337 e. The van der Waals surface area contributed by atoms with Crippen LogP contribution < -0.4 is 0 Å². The van der Waals surface area contributed by atoms with Gasteiger partial charge in [-0.05, 0) is 74.7 Å². The second-order valence-electron chi connectivity index (χ2n) is 14.5. The van der Waals surface area contributed by atoms with Crippen molar-refractivity contribution in [2.24, 2.45) is 46.3 Å². The number of rotatable bonds is 1. The quantitative estimate of drug-likeness (QED) is 0.281. The molecule has 0 aromatic heterocycles. The Labute approximate surface area is 236 Å². The molecule has 1 spiro atoms. The Morgan fingerprint density at radius 1 is 0.976 bits per heavy atom. The van der Waals surface area contributed by atoms with Gasteiger partial charge in [0.1, 0.15) is 6.10 Å². The van der Waals surface area contributed by atoms with Gasteiger partial charge < -0.3 is 24.4 Å². The lowest BCUT2D eigenvalue weighted by Gasteiger charge is -2.63. The first kappa shape index (κ1) is 24.5. The second-order valence-corrected chi connectivity index (χ2v) is 14.5. The third-order valence-corrected chi connectivity index (χ3v) is 13.1. The van der Waals surface area contributed by atoms with Crippen LogP contribution in [-0.2, 0) is 33.4 Å². The second kappa shape index (κ2) is 6.32. The molecule has 0 aromatic rings. The maximum absolute atomic E-state index is 14.3. The fraction of sp³-hybridized carbons (Fsp3) is 0.625. The van der Waals surface area contributed by atoms with Crippen molar-refractivity contribution < 1.29 is 43.6 Å². The van der Waals surface area contributed by atoms with Gasteiger partial charge in [-0.25, -0.2) is 9.59 Å². The molecule has 0 saturated heterocycles. The van der Waals surface area contributed by atoms with Crippen LogP contribution >= 0.6 is 0 Å². The fourth-order valence-corrected chi connectivity index (χ4v) is 11.6. The number of ether oxygens (including phenoxy) is 3. The number of carbonyl (C=O) groups is 4. The molecule has 9 rings (SSSR count). The van der Waals surface area contributed by atoms with E-state index in [1.54, 1.807) is 13.8 Å². The molecule has 9 heteroatoms. The molecular formula is C32H32O9. The van der Waals surface area contributed by atoms with Crippen LogP contribution in [0.3, 0.4) is 0 Å². The average molecular weight is 561 g/mol. The van der Waals surface area contributed by atoms with E-state index in [1.807, 2.05) is 0 Å². The first-order chi connectivity index (χ1) is 19.1. The minimum Gasteiger partial charge on any atom is -0.457 e. The molecule has 7 aliphatic carbocycles. The first-order valence-corrected chi connectivity index (χ1v) is 14.6. The SMILES string of the molecule is C=C1[C@H]2C[C@H]2[C@@]2(C)[C@H]1[C@@H](OC(C)=O)C1=C(C)C(=O)O[C@@]13C1=C4[C@@](C)(C(=O)[C@@]5(O)OC(=O)C(C)=C15)[C@@H]1C[C@@H]1[C@@]4(O)C[C@H]32. The highest BCUT2D eigenvalue weighted by Crippen LogP contribution is 2.84. The zero-order chi connectivity index (χ0) is 29.1. The lowest BCUT2D eigenvalue weighted by Crippen LogP contribution is -2.69. The highest BCUT2D eigenvalue weighted by Gasteiger charge is 2.87. The van der Waals surface area contributed by atoms with Crippen molar-refractivity contribution >= 4 is 23.7 Å². The van der Waals surface area contributed by atoms with Crippen LogP contribution in [0.1, 0.15) is 53.9 Å². The van der Waals surface area contributed by atoms with Crippen LogP contribution in [0.5, 0.6) is 0 Å². The summed E-state index contributed by atoms with van der Waals surface area (Å²) in [4.78, 5) is 53.7. The predicted octanol–water partition coefficient (Wildman–Crippen LogP) is 2.22. The summed E-state index contributed by atoms with van der Waals surface area (Å²) in [5.41, 5.74) is -2.39. The standard InChI is InChI=1S/C32H32O9/c1-10-14-7-15(14)28(5)18-9-30(37)17-8-16(17)29(6)24(30)22(19-11(2)26(35)41-32(19,38)27(29)36)31(18)21(12(3)25(34)40-31)23(20(10)28)39-13(4)33/h14-18,20,23,37-38H,1,7-9H2,2-6H3/t14-,15-,16-,17+,18+,20-,23-,28-,29+,30+,31-,32+/m1/s1. The van der Waals surface area contributed by atoms with Crippen molar-refractivity contribution in [3.05, 3.63) is 45.6 Å². The van der Waals surface area contributed by atoms with Gasteiger partial charge in [0.25, 0.3) is 5.79 Å². The van der Waals surface area contributed by atoms with E-state index in [4.69, 9.17) is 14.2 Å². The minimum absolute atomic E-state index is 0.0304. The Balaban J connectivity index is 1.45. The predicted molar refractivity (Wildman–Crippen MR) is 138 cm³/mol. The Kier molecular flexibility index (Phi) is 3.78. The van der Waals surface area contributed by atoms with Crippen molar-refractivity contribution in [2.75, 3.05) is 0 Å². The molecule has 5 saturated carbocycles. The number of carbonyl (C=O) groups excluding carboxylic acids is 4. The van der Waals surface area contributed by atoms with Crippen LogP contribution in [0.2, 0.25) is 0 Å². The number of Topliss-reactive ketones (excluding diaryl/α,β-unsaturated/α-hetero) is 1. The molecule has 12 atom stereocenters. The smallest absolute Gasteiger partial charge is 0.337 e. The number of ketones is 1. The van der Waals surface area contributed by atoms with Crippen molar-refractivity contribution in [1.29, 1.82) is 0 Å². The molecule has 214 valence electrons. The largest absolute Gasteiger partial charge is 0.457 e. The maximum atomic E-state index is 14.3. The summed E-state index contributed by atoms with van der Waals surface area (Å²) in [7, 11) is 0. The highest BCUT2D eigenvalue weighted by atomic mass is 16.7. The third-order valence-electron chi connectivity index (χ3n) is 13.1. The average Bonchev–Trinajstić information content (AvgIpc) is 3.78. The zero-order valence-corrected chi connectivity index (χ0v) is 23.6. The Morgan fingerprint density at radius 3 is 2.34 bits per heavy atom. The van der Waals surface area contributed by atoms with Gasteiger partial charge in [0.2, 0.25) is 5.78 Å². The number of esters is 3. The monoisotopic (exact) mass is 560 g/mol. The number of aliphatic hydroxyl groups is 2. The number of hydrogen-bond acceptors (Lipinski definition) is 9. The van der Waals surface area contributed by atoms with Crippen LogP contribution in [0.25, 0.3) is 0 Å². The molecule has 2 aliphatic heterocycles. The number of fused-ring (bicyclic) bond motifs is 9. The summed E-state index contributed by atoms with van der Waals surface area (Å²) >= 11 is 0. The molecule has 41 heavy (non-hydrogen) atoms. The van der Waals surface area contributed by atoms with Crippen molar-refractivity contribution in [3.8, 4) is 0 Å². The van der Waals surface area contributed by atoms with E-state index >= 15 is 0 Å². The van der Waals surface area contributed by atoms with Crippen molar-refractivity contribution in [3.63, 3.8) is 0 Å². The van der Waals surface area contributed by atoms with Gasteiger partial charge >= 0.3 is 17.9 Å². The van der Waals surface area contributed by atoms with Gasteiger partial charge in [-0.15, -0.1) is 0 Å². The summed E-state index contributed by atoms with van der Waals surface area (Å²) in [6.07, 6.45) is 0.882. The minimum atomic E-state index is -2.58. The van der Waals surface area contributed by atoms with E-state index in [9.17, 15) is 29.4 Å². The Hall–Kier alpha value is -3.04. The summed E-state index contributed by atoms with van der Waals surface area (Å²) in [5.74, 6) is -6.02. The van der Waals surface area contributed by atoms with Gasteiger partial charge in [-0.1, -0.05) is 19.1 Å². The molecular weight excluding hydrogens is 528 g/mol. The molecule has 5 fully saturated rings. The highest BCUT2D eigenvalue weighted by molar-refractivity contribution is 6.10. The van der Waals surface area contributed by atoms with E-state index in [0.29, 0.717) is 28.7 Å². The van der Waals surface area contributed by atoms with E-state index in [-0.39, 0.29) is 47.2 Å². The van der Waals surface area contributed by atoms with Crippen LogP contribution in [-0.4, -0.2) is 57.0 Å². The topological polar surface area (TPSA) is 136 Å². The lowest BCUT2D eigenvalue weighted by molar-refractivity contribution is -0.202. The van der Waals surface area contributed by atoms with Crippen molar-refractivity contribution in [1.82, 2.24) is 0 Å². The molecule has 0 aromatic carbocycles. The van der Waals surface area contributed by atoms with Crippen molar-refractivity contribution in [2.45, 2.75) is 77.0 Å². The van der Waals surface area contributed by atoms with E-state index < -0.39 is 63.5 Å². The molecule has 9 nitrogen and oxygen atoms in total. The number of hydrogen-bond donors (Lipinski definition) is 2. The molecule has 2 N–H and O–H groups in total. The van der Waals surface area contributed by atoms with Crippen LogP contribution in [0, 0.1) is 46.3 Å². The lowest BCUT2D eigenvalue weighted by atomic mass is 9.42. The van der Waals surface area contributed by atoms with E-state index in [1.165, 1.54) is 13.8 Å². The molecule has 0 radical (unpaired) electrons. The molecule has 0 amide bonds. The molecule has 2 heterocycles. The Bertz CT molecular complexity index is 1640. The molecule has 0 unspecified atom stereocenters. The summed E-state index contributed by atoms with van der Waals surface area (Å²) in [6.45, 7) is 12.8. The molecule has 0 bridgehead atoms. The van der Waals surface area contributed by atoms with E-state index in [0.717, 1.165) is 12.0 Å². The van der Waals surface area contributed by atoms with Gasteiger partial charge in [0.05, 0.1) is 11.0 Å². The third kappa shape index (κ3) is 2.12. The first-order valence-electron chi connectivity index (χ1n) is 14.6. The zero-order valence-electron chi connectivity index (χ0n) is 23.6. The fourth-order valence-electron chi connectivity index (χ4n) is 11.6. The summed E-state index contributed by atoms with van der Waals surface area (Å²) in [6, 6.07) is 0. The van der Waals surface area contributed by atoms with Gasteiger partial charge in [0, 0.05) is 46.6 Å². The van der Waals surface area contributed by atoms with Crippen LogP contribution in [0.4, 0.5) is 0 Å². The summed E-state index contributed by atoms with van der Waals surface area (Å²) < 4.78 is 18.1. The van der Waals surface area contributed by atoms with Gasteiger partial charge in [0.15, 0.2) is 5.60 Å². The Morgan fingerprint density at radius 2 is 1.66 bits per heavy atom. The summed E-state index contributed by atoms with van der Waals surface area (Å²) in [5, 5.41) is 24.8. The normalized spacial score (nSPS) is 54.6. The van der Waals surface area contributed by atoms with Gasteiger partial charge in [-0.3, -0.25) is 9.59 Å². The van der Waals surface area contributed by atoms with Gasteiger partial charge in [-0.2, -0.15) is 0 Å². The molecule has 9 aliphatic rings. The van der Waals surface area contributed by atoms with E-state index in [2.05, 4.69) is 13.5 Å².